The fraction of sp³-hybridized carbons (Fsp3) is 0.235. The molecule has 0 unspecified atom stereocenters. The molecule has 2 aliphatic rings. The minimum atomic E-state index is -0.0808. The van der Waals surface area contributed by atoms with Gasteiger partial charge in [0, 0.05) is 16.8 Å². The number of rotatable bonds is 2. The maximum absolute atomic E-state index is 12.5. The summed E-state index contributed by atoms with van der Waals surface area (Å²) in [7, 11) is 0. The van der Waals surface area contributed by atoms with Crippen LogP contribution in [-0.2, 0) is 4.79 Å². The van der Waals surface area contributed by atoms with E-state index in [1.54, 1.807) is 0 Å². The van der Waals surface area contributed by atoms with Crippen LogP contribution in [0, 0.1) is 0 Å². The molecular formula is C17H14ClIN2O. The van der Waals surface area contributed by atoms with Crippen molar-refractivity contribution in [3.63, 3.8) is 0 Å². The second-order valence-electron chi connectivity index (χ2n) is 5.65. The molecule has 1 amide bonds. The molecule has 2 aliphatic heterocycles. The van der Waals surface area contributed by atoms with Gasteiger partial charge in [-0.05, 0) is 29.8 Å². The Morgan fingerprint density at radius 1 is 1.00 bits per heavy atom. The fourth-order valence-corrected chi connectivity index (χ4v) is 4.82. The second kappa shape index (κ2) is 5.51. The van der Waals surface area contributed by atoms with Crippen LogP contribution in [0.4, 0.5) is 5.69 Å². The molecule has 4 atom stereocenters. The summed E-state index contributed by atoms with van der Waals surface area (Å²) in [5.74, 6) is 0.146. The Hall–Kier alpha value is -1.11. The van der Waals surface area contributed by atoms with Gasteiger partial charge in [-0.25, -0.2) is 0 Å². The largest absolute Gasteiger partial charge is 0.305 e. The number of nitrogens with one attached hydrogen (secondary N) is 1. The molecule has 0 spiro atoms. The molecule has 4 rings (SSSR count). The maximum Gasteiger partial charge on any atom is 0.246 e. The van der Waals surface area contributed by atoms with Crippen LogP contribution in [0.15, 0.2) is 54.6 Å². The molecule has 0 bridgehead atoms. The minimum absolute atomic E-state index is 0.0808. The number of carbonyl (C=O) groups excluding carboxylic acids is 1. The van der Waals surface area contributed by atoms with Crippen molar-refractivity contribution in [2.45, 2.75) is 22.1 Å². The van der Waals surface area contributed by atoms with E-state index in [-0.39, 0.29) is 24.0 Å². The molecule has 2 fully saturated rings. The molecule has 2 aromatic rings. The number of fused-ring (bicyclic) bond motifs is 1. The van der Waals surface area contributed by atoms with E-state index in [1.807, 2.05) is 47.4 Å². The van der Waals surface area contributed by atoms with Crippen molar-refractivity contribution >= 4 is 45.8 Å². The standard InChI is InChI=1S/C17H14ClIN2O/c18-11-6-8-12(9-7-11)21-16-13(19)14(20-15(16)17(21)22)10-4-2-1-3-5-10/h1-9,13-16,20H/t13-,14-,15-,16+/m1/s1. The zero-order valence-corrected chi connectivity index (χ0v) is 14.5. The van der Waals surface area contributed by atoms with Crippen molar-refractivity contribution < 1.29 is 4.79 Å². The smallest absolute Gasteiger partial charge is 0.246 e. The fourth-order valence-electron chi connectivity index (χ4n) is 3.33. The van der Waals surface area contributed by atoms with Gasteiger partial charge in [-0.2, -0.15) is 0 Å². The van der Waals surface area contributed by atoms with Gasteiger partial charge in [0.1, 0.15) is 6.04 Å². The molecule has 2 heterocycles. The molecule has 112 valence electrons. The van der Waals surface area contributed by atoms with Crippen LogP contribution >= 0.6 is 34.2 Å². The lowest BCUT2D eigenvalue weighted by Gasteiger charge is -2.44. The van der Waals surface area contributed by atoms with Gasteiger partial charge in [-0.15, -0.1) is 0 Å². The molecule has 3 nitrogen and oxygen atoms in total. The normalized spacial score (nSPS) is 30.1. The summed E-state index contributed by atoms with van der Waals surface area (Å²) in [5, 5.41) is 4.18. The quantitative estimate of drug-likeness (QED) is 0.454. The first-order valence-electron chi connectivity index (χ1n) is 7.20. The van der Waals surface area contributed by atoms with Gasteiger partial charge < -0.3 is 4.90 Å². The number of hydrogen-bond acceptors (Lipinski definition) is 2. The first-order valence-corrected chi connectivity index (χ1v) is 8.83. The van der Waals surface area contributed by atoms with E-state index in [4.69, 9.17) is 11.6 Å². The van der Waals surface area contributed by atoms with E-state index >= 15 is 0 Å². The summed E-state index contributed by atoms with van der Waals surface area (Å²) in [6.45, 7) is 0. The van der Waals surface area contributed by atoms with Crippen LogP contribution in [0.1, 0.15) is 11.6 Å². The van der Waals surface area contributed by atoms with Crippen LogP contribution in [0.2, 0.25) is 5.02 Å². The third-order valence-corrected chi connectivity index (χ3v) is 6.12. The molecule has 1 N–H and O–H groups in total. The van der Waals surface area contributed by atoms with E-state index in [0.717, 1.165) is 5.69 Å². The van der Waals surface area contributed by atoms with E-state index in [1.165, 1.54) is 5.56 Å². The second-order valence-corrected chi connectivity index (χ2v) is 7.53. The molecule has 2 saturated heterocycles. The number of alkyl halides is 1. The number of nitrogens with zero attached hydrogens (tertiary/aromatic N) is 1. The zero-order chi connectivity index (χ0) is 15.3. The molecule has 0 aliphatic carbocycles. The zero-order valence-electron chi connectivity index (χ0n) is 11.6. The van der Waals surface area contributed by atoms with Crippen molar-refractivity contribution in [2.24, 2.45) is 0 Å². The molecule has 22 heavy (non-hydrogen) atoms. The van der Waals surface area contributed by atoms with Gasteiger partial charge in [0.25, 0.3) is 0 Å². The predicted molar refractivity (Wildman–Crippen MR) is 96.6 cm³/mol. The lowest BCUT2D eigenvalue weighted by molar-refractivity contribution is -0.125. The topological polar surface area (TPSA) is 32.3 Å². The SMILES string of the molecule is O=C1[C@@H]2N[C@H](c3ccccc3)[C@@H](I)[C@@H]2N1c1ccc(Cl)cc1. The van der Waals surface area contributed by atoms with Crippen molar-refractivity contribution in [1.82, 2.24) is 5.32 Å². The number of benzene rings is 2. The van der Waals surface area contributed by atoms with Gasteiger partial charge in [0.2, 0.25) is 5.91 Å². The highest BCUT2D eigenvalue weighted by Crippen LogP contribution is 2.43. The monoisotopic (exact) mass is 424 g/mol. The van der Waals surface area contributed by atoms with Gasteiger partial charge in [-0.1, -0.05) is 64.5 Å². The third kappa shape index (κ3) is 2.16. The van der Waals surface area contributed by atoms with Crippen molar-refractivity contribution in [1.29, 1.82) is 0 Å². The molecule has 5 heteroatoms. The lowest BCUT2D eigenvalue weighted by atomic mass is 9.93. The van der Waals surface area contributed by atoms with Crippen LogP contribution in [-0.4, -0.2) is 21.9 Å². The number of β-lactam (4-membered cyclic amide) rings is 1. The first-order chi connectivity index (χ1) is 10.7. The number of anilines is 1. The van der Waals surface area contributed by atoms with E-state index < -0.39 is 0 Å². The van der Waals surface area contributed by atoms with E-state index in [2.05, 4.69) is 40.0 Å². The number of hydrogen-bond donors (Lipinski definition) is 1. The van der Waals surface area contributed by atoms with Gasteiger partial charge >= 0.3 is 0 Å². The predicted octanol–water partition coefficient (Wildman–Crippen LogP) is 3.57. The van der Waals surface area contributed by atoms with E-state index in [9.17, 15) is 4.79 Å². The molecule has 2 aromatic carbocycles. The summed E-state index contributed by atoms with van der Waals surface area (Å²) in [6, 6.07) is 18.1. The Kier molecular flexibility index (Phi) is 3.63. The van der Waals surface area contributed by atoms with Gasteiger partial charge in [0.05, 0.1) is 9.97 Å². The number of halogens is 2. The van der Waals surface area contributed by atoms with Crippen LogP contribution in [0.3, 0.4) is 0 Å². The average molecular weight is 425 g/mol. The highest BCUT2D eigenvalue weighted by molar-refractivity contribution is 14.1. The van der Waals surface area contributed by atoms with Crippen LogP contribution in [0.25, 0.3) is 0 Å². The summed E-state index contributed by atoms with van der Waals surface area (Å²) in [4.78, 5) is 14.4. The maximum atomic E-state index is 12.5. The molecule has 0 radical (unpaired) electrons. The Balaban J connectivity index is 1.62. The Labute approximate surface area is 147 Å². The summed E-state index contributed by atoms with van der Waals surface area (Å²) in [5.41, 5.74) is 2.16. The van der Waals surface area contributed by atoms with Gasteiger partial charge in [-0.3, -0.25) is 10.1 Å². The lowest BCUT2D eigenvalue weighted by Crippen LogP contribution is -2.67. The highest BCUT2D eigenvalue weighted by atomic mass is 127. The number of amides is 1. The average Bonchev–Trinajstić information content (AvgIpc) is 2.84. The van der Waals surface area contributed by atoms with E-state index in [0.29, 0.717) is 8.95 Å². The van der Waals surface area contributed by atoms with Crippen molar-refractivity contribution in [3.8, 4) is 0 Å². The summed E-state index contributed by atoms with van der Waals surface area (Å²) < 4.78 is 0.332. The van der Waals surface area contributed by atoms with Crippen LogP contribution < -0.4 is 10.2 Å². The third-order valence-electron chi connectivity index (χ3n) is 4.41. The van der Waals surface area contributed by atoms with Crippen LogP contribution in [0.5, 0.6) is 0 Å². The molecule has 0 aromatic heterocycles. The number of carbonyl (C=O) groups is 1. The van der Waals surface area contributed by atoms with Crippen molar-refractivity contribution in [3.05, 3.63) is 65.2 Å². The Morgan fingerprint density at radius 3 is 2.36 bits per heavy atom. The minimum Gasteiger partial charge on any atom is -0.305 e. The summed E-state index contributed by atoms with van der Waals surface area (Å²) in [6.07, 6.45) is 0. The molecule has 0 saturated carbocycles. The Morgan fingerprint density at radius 2 is 1.68 bits per heavy atom. The Bertz CT molecular complexity index is 706. The molecular weight excluding hydrogens is 411 g/mol. The summed E-state index contributed by atoms with van der Waals surface area (Å²) >= 11 is 8.41. The van der Waals surface area contributed by atoms with Crippen molar-refractivity contribution in [2.75, 3.05) is 4.90 Å². The highest BCUT2D eigenvalue weighted by Gasteiger charge is 2.58. The van der Waals surface area contributed by atoms with Gasteiger partial charge in [0.15, 0.2) is 0 Å². The first kappa shape index (κ1) is 14.5.